The second-order valence-corrected chi connectivity index (χ2v) is 7.75. The molecule has 33 heavy (non-hydrogen) atoms. The number of aromatic nitrogens is 4. The van der Waals surface area contributed by atoms with E-state index in [0.717, 1.165) is 62.5 Å². The smallest absolute Gasteiger partial charge is 0.308 e. The van der Waals surface area contributed by atoms with Crippen LogP contribution in [0.1, 0.15) is 16.8 Å². The Kier molecular flexibility index (Phi) is 8.04. The zero-order valence-electron chi connectivity index (χ0n) is 18.3. The van der Waals surface area contributed by atoms with E-state index in [-0.39, 0.29) is 5.69 Å². The van der Waals surface area contributed by atoms with E-state index in [1.54, 1.807) is 6.20 Å². The highest BCUT2D eigenvalue weighted by Gasteiger charge is 2.10. The number of hydrogen-bond acceptors (Lipinski definition) is 8. The molecule has 1 aliphatic rings. The molecule has 0 saturated carbocycles. The van der Waals surface area contributed by atoms with Crippen LogP contribution >= 0.6 is 0 Å². The summed E-state index contributed by atoms with van der Waals surface area (Å²) in [7, 11) is 0. The van der Waals surface area contributed by atoms with Crippen LogP contribution in [0.15, 0.2) is 42.7 Å². The van der Waals surface area contributed by atoms with Gasteiger partial charge >= 0.3 is 6.08 Å². The zero-order valence-corrected chi connectivity index (χ0v) is 18.3. The predicted octanol–water partition coefficient (Wildman–Crippen LogP) is 2.69. The number of ether oxygens (including phenoxy) is 1. The summed E-state index contributed by atoms with van der Waals surface area (Å²) < 4.78 is 32.1. The number of anilines is 2. The van der Waals surface area contributed by atoms with Crippen LogP contribution in [-0.2, 0) is 24.1 Å². The molecule has 174 valence electrons. The van der Waals surface area contributed by atoms with Crippen LogP contribution in [0.3, 0.4) is 0 Å². The lowest BCUT2D eigenvalue weighted by atomic mass is 10.1. The fourth-order valence-electron chi connectivity index (χ4n) is 3.53. The molecule has 1 fully saturated rings. The first-order valence-corrected chi connectivity index (χ1v) is 11.0. The standard InChI is InChI=1S/C23H27F2N7O/c24-19-16-29-22(25)30-20(19)6-5-17-1-3-18(4-2-17)15-28-21-7-8-26-23(31-21)27-9-10-32-11-13-33-14-12-32/h1-4,7-8,16H,5-6,9-15H2,(H2,26,27,28,31)/i25-1. The normalized spacial score (nSPS) is 14.2. The summed E-state index contributed by atoms with van der Waals surface area (Å²) in [6.45, 7) is 5.80. The lowest BCUT2D eigenvalue weighted by Crippen LogP contribution is -2.39. The molecule has 0 bridgehead atoms. The molecule has 2 aromatic heterocycles. The van der Waals surface area contributed by atoms with E-state index in [1.807, 2.05) is 30.3 Å². The Bertz CT molecular complexity index is 1030. The molecule has 0 unspecified atom stereocenters. The summed E-state index contributed by atoms with van der Waals surface area (Å²) >= 11 is 0. The molecule has 2 N–H and O–H groups in total. The molecule has 0 radical (unpaired) electrons. The van der Waals surface area contributed by atoms with Crippen molar-refractivity contribution >= 4 is 11.8 Å². The van der Waals surface area contributed by atoms with Crippen molar-refractivity contribution in [2.24, 2.45) is 0 Å². The average molecular weight is 455 g/mol. The first-order valence-electron chi connectivity index (χ1n) is 11.0. The Hall–Kier alpha value is -3.24. The van der Waals surface area contributed by atoms with Crippen molar-refractivity contribution in [1.29, 1.82) is 0 Å². The second kappa shape index (κ2) is 11.6. The minimum atomic E-state index is -0.909. The third kappa shape index (κ3) is 7.13. The molecule has 3 aromatic rings. The van der Waals surface area contributed by atoms with E-state index in [9.17, 15) is 8.78 Å². The van der Waals surface area contributed by atoms with Gasteiger partial charge in [0.15, 0.2) is 5.82 Å². The first kappa shape index (κ1) is 22.9. The van der Waals surface area contributed by atoms with Gasteiger partial charge in [-0.2, -0.15) is 9.37 Å². The Balaban J connectivity index is 1.22. The Morgan fingerprint density at radius 3 is 2.52 bits per heavy atom. The maximum absolute atomic E-state index is 13.7. The van der Waals surface area contributed by atoms with Gasteiger partial charge in [0.2, 0.25) is 5.95 Å². The summed E-state index contributed by atoms with van der Waals surface area (Å²) in [4.78, 5) is 17.9. The van der Waals surface area contributed by atoms with E-state index < -0.39 is 11.9 Å². The van der Waals surface area contributed by atoms with Gasteiger partial charge in [-0.3, -0.25) is 4.90 Å². The summed E-state index contributed by atoms with van der Waals surface area (Å²) in [6, 6.07) is 9.79. The molecule has 4 rings (SSSR count). The third-order valence-electron chi connectivity index (χ3n) is 5.40. The van der Waals surface area contributed by atoms with Gasteiger partial charge in [0.05, 0.1) is 25.1 Å². The highest BCUT2D eigenvalue weighted by Crippen LogP contribution is 2.12. The van der Waals surface area contributed by atoms with Gasteiger partial charge in [-0.1, -0.05) is 24.3 Å². The van der Waals surface area contributed by atoms with Gasteiger partial charge in [-0.15, -0.1) is 0 Å². The molecule has 0 amide bonds. The van der Waals surface area contributed by atoms with Crippen LogP contribution < -0.4 is 10.6 Å². The van der Waals surface area contributed by atoms with Crippen LogP contribution in [-0.4, -0.2) is 64.2 Å². The van der Waals surface area contributed by atoms with Gasteiger partial charge in [-0.25, -0.2) is 19.3 Å². The number of aryl methyl sites for hydroxylation is 2. The highest BCUT2D eigenvalue weighted by atomic mass is 19.1. The summed E-state index contributed by atoms with van der Waals surface area (Å²) in [5.41, 5.74) is 2.19. The first-order chi connectivity index (χ1) is 16.2. The van der Waals surface area contributed by atoms with E-state index in [0.29, 0.717) is 25.3 Å². The number of rotatable bonds is 10. The van der Waals surface area contributed by atoms with Crippen molar-refractivity contribution in [2.45, 2.75) is 19.4 Å². The average Bonchev–Trinajstić information content (AvgIpc) is 2.85. The van der Waals surface area contributed by atoms with Gasteiger partial charge in [-0.05, 0) is 30.0 Å². The highest BCUT2D eigenvalue weighted by molar-refractivity contribution is 5.40. The number of benzene rings is 1. The lowest BCUT2D eigenvalue weighted by molar-refractivity contribution is 0.0398. The predicted molar refractivity (Wildman–Crippen MR) is 121 cm³/mol. The molecule has 0 spiro atoms. The third-order valence-corrected chi connectivity index (χ3v) is 5.40. The zero-order chi connectivity index (χ0) is 22.9. The molecule has 10 heteroatoms. The van der Waals surface area contributed by atoms with Crippen molar-refractivity contribution in [3.05, 3.63) is 71.4 Å². The van der Waals surface area contributed by atoms with Crippen molar-refractivity contribution in [1.82, 2.24) is 24.8 Å². The van der Waals surface area contributed by atoms with Crippen LogP contribution in [0.25, 0.3) is 0 Å². The van der Waals surface area contributed by atoms with E-state index in [4.69, 9.17) is 4.74 Å². The quantitative estimate of drug-likeness (QED) is 0.452. The maximum Gasteiger partial charge on any atom is 0.308 e. The van der Waals surface area contributed by atoms with Gasteiger partial charge in [0, 0.05) is 38.9 Å². The summed E-state index contributed by atoms with van der Waals surface area (Å²) in [6.07, 6.45) is 2.56. The van der Waals surface area contributed by atoms with Crippen LogP contribution in [0.5, 0.6) is 0 Å². The number of nitrogens with zero attached hydrogens (tertiary/aromatic N) is 5. The Morgan fingerprint density at radius 2 is 1.70 bits per heavy atom. The SMILES string of the molecule is Fc1cnc([18F])nc1CCc1ccc(CNc2ccnc(NCCN3CCOCC3)n2)cc1. The summed E-state index contributed by atoms with van der Waals surface area (Å²) in [5, 5.41) is 6.57. The van der Waals surface area contributed by atoms with Crippen molar-refractivity contribution in [3.8, 4) is 0 Å². The van der Waals surface area contributed by atoms with Crippen molar-refractivity contribution in [3.63, 3.8) is 0 Å². The van der Waals surface area contributed by atoms with Crippen molar-refractivity contribution < 1.29 is 13.5 Å². The molecular weight excluding hydrogens is 427 g/mol. The van der Waals surface area contributed by atoms with E-state index >= 15 is 0 Å². The van der Waals surface area contributed by atoms with E-state index in [2.05, 4.69) is 35.5 Å². The number of morpholine rings is 1. The molecule has 1 aromatic carbocycles. The number of hydrogen-bond donors (Lipinski definition) is 2. The lowest BCUT2D eigenvalue weighted by Gasteiger charge is -2.26. The number of nitrogens with one attached hydrogen (secondary N) is 2. The van der Waals surface area contributed by atoms with Crippen LogP contribution in [0, 0.1) is 11.9 Å². The molecule has 1 saturated heterocycles. The topological polar surface area (TPSA) is 88.1 Å². The molecule has 8 nitrogen and oxygen atoms in total. The molecule has 0 aliphatic carbocycles. The molecular formula is C23H27F2N7O. The second-order valence-electron chi connectivity index (χ2n) is 7.75. The van der Waals surface area contributed by atoms with Gasteiger partial charge < -0.3 is 15.4 Å². The van der Waals surface area contributed by atoms with Crippen molar-refractivity contribution in [2.75, 3.05) is 50.0 Å². The minimum absolute atomic E-state index is 0.0892. The number of halogens is 2. The maximum atomic E-state index is 13.7. The van der Waals surface area contributed by atoms with Crippen LogP contribution in [0.4, 0.5) is 20.5 Å². The fraction of sp³-hybridized carbons (Fsp3) is 0.391. The Morgan fingerprint density at radius 1 is 0.909 bits per heavy atom. The van der Waals surface area contributed by atoms with Gasteiger partial charge in [0.25, 0.3) is 0 Å². The molecule has 0 atom stereocenters. The van der Waals surface area contributed by atoms with Gasteiger partial charge in [0.1, 0.15) is 5.82 Å². The monoisotopic (exact) mass is 454 g/mol. The molecule has 1 aliphatic heterocycles. The van der Waals surface area contributed by atoms with E-state index in [1.165, 1.54) is 0 Å². The molecule has 3 heterocycles. The minimum Gasteiger partial charge on any atom is -0.379 e. The summed E-state index contributed by atoms with van der Waals surface area (Å²) in [5.74, 6) is 0.748. The van der Waals surface area contributed by atoms with Crippen LogP contribution in [0.2, 0.25) is 0 Å². The largest absolute Gasteiger partial charge is 0.379 e. The Labute approximate surface area is 191 Å². The fourth-order valence-corrected chi connectivity index (χ4v) is 3.53.